The van der Waals surface area contributed by atoms with Gasteiger partial charge in [0, 0.05) is 37.7 Å². The summed E-state index contributed by atoms with van der Waals surface area (Å²) in [7, 11) is 1.61. The molecule has 2 aromatic carbocycles. The third kappa shape index (κ3) is 4.43. The zero-order valence-corrected chi connectivity index (χ0v) is 20.4. The number of anilines is 1. The molecule has 1 aliphatic heterocycles. The van der Waals surface area contributed by atoms with E-state index >= 15 is 0 Å². The molecule has 1 atom stereocenters. The van der Waals surface area contributed by atoms with Gasteiger partial charge >= 0.3 is 0 Å². The molecule has 8 nitrogen and oxygen atoms in total. The van der Waals surface area contributed by atoms with Crippen molar-refractivity contribution in [2.75, 3.05) is 38.2 Å². The Morgan fingerprint density at radius 3 is 2.51 bits per heavy atom. The number of piperazine rings is 1. The molecule has 8 heteroatoms. The van der Waals surface area contributed by atoms with Gasteiger partial charge in [-0.15, -0.1) is 0 Å². The fraction of sp³-hybridized carbons (Fsp3) is 0.333. The average molecular weight is 471 g/mol. The highest BCUT2D eigenvalue weighted by molar-refractivity contribution is 5.95. The van der Waals surface area contributed by atoms with Crippen LogP contribution in [0.25, 0.3) is 16.7 Å². The van der Waals surface area contributed by atoms with Gasteiger partial charge in [0.1, 0.15) is 17.4 Å². The maximum atomic E-state index is 13.1. The van der Waals surface area contributed by atoms with Crippen LogP contribution in [0.2, 0.25) is 0 Å². The van der Waals surface area contributed by atoms with Gasteiger partial charge in [0.2, 0.25) is 0 Å². The number of benzene rings is 2. The number of methoxy groups -OCH3 is 1. The standard InChI is InChI=1S/C27H30N6O2/c1-4-19(2)24-29-25(23-18-28-33(26(23)30-24)21-10-6-5-7-11-21)31-13-15-32(16-14-31)27(34)20-9-8-12-22(17-20)35-3/h5-12,17-19H,4,13-16H2,1-3H3/t19-/m0/s1. The number of hydrogen-bond acceptors (Lipinski definition) is 6. The van der Waals surface area contributed by atoms with Gasteiger partial charge in [-0.1, -0.05) is 38.1 Å². The first-order valence-corrected chi connectivity index (χ1v) is 12.1. The number of fused-ring (bicyclic) bond motifs is 1. The molecule has 0 unspecified atom stereocenters. The fourth-order valence-electron chi connectivity index (χ4n) is 4.37. The lowest BCUT2D eigenvalue weighted by Gasteiger charge is -2.36. The van der Waals surface area contributed by atoms with Crippen molar-refractivity contribution in [2.24, 2.45) is 0 Å². The number of amides is 1. The summed E-state index contributed by atoms with van der Waals surface area (Å²) in [5.41, 5.74) is 2.42. The third-order valence-corrected chi connectivity index (χ3v) is 6.66. The van der Waals surface area contributed by atoms with Crippen LogP contribution in [0.4, 0.5) is 5.82 Å². The topological polar surface area (TPSA) is 76.4 Å². The van der Waals surface area contributed by atoms with Crippen LogP contribution in [0.5, 0.6) is 5.75 Å². The van der Waals surface area contributed by atoms with Gasteiger partial charge in [-0.05, 0) is 36.8 Å². The minimum absolute atomic E-state index is 0.0218. The third-order valence-electron chi connectivity index (χ3n) is 6.66. The second kappa shape index (κ2) is 9.74. The molecule has 0 spiro atoms. The molecule has 0 bridgehead atoms. The predicted molar refractivity (Wildman–Crippen MR) is 136 cm³/mol. The van der Waals surface area contributed by atoms with Crippen molar-refractivity contribution in [3.05, 3.63) is 72.2 Å². The van der Waals surface area contributed by atoms with E-state index in [1.807, 2.05) is 64.3 Å². The highest BCUT2D eigenvalue weighted by Gasteiger charge is 2.26. The molecule has 35 heavy (non-hydrogen) atoms. The zero-order chi connectivity index (χ0) is 24.4. The molecule has 2 aromatic heterocycles. The van der Waals surface area contributed by atoms with Crippen LogP contribution < -0.4 is 9.64 Å². The van der Waals surface area contributed by atoms with Crippen LogP contribution in [0, 0.1) is 0 Å². The molecule has 0 N–H and O–H groups in total. The van der Waals surface area contributed by atoms with E-state index in [1.165, 1.54) is 0 Å². The summed E-state index contributed by atoms with van der Waals surface area (Å²) < 4.78 is 7.16. The predicted octanol–water partition coefficient (Wildman–Crippen LogP) is 4.30. The smallest absolute Gasteiger partial charge is 0.254 e. The Bertz CT molecular complexity index is 1330. The summed E-state index contributed by atoms with van der Waals surface area (Å²) in [6.45, 7) is 6.92. The monoisotopic (exact) mass is 470 g/mol. The summed E-state index contributed by atoms with van der Waals surface area (Å²) in [6.07, 6.45) is 2.80. The number of hydrogen-bond donors (Lipinski definition) is 0. The van der Waals surface area contributed by atoms with Gasteiger partial charge in [-0.3, -0.25) is 4.79 Å². The van der Waals surface area contributed by atoms with Gasteiger partial charge in [-0.2, -0.15) is 5.10 Å². The molecule has 1 amide bonds. The maximum absolute atomic E-state index is 13.1. The summed E-state index contributed by atoms with van der Waals surface area (Å²) in [5, 5.41) is 5.58. The number of aromatic nitrogens is 4. The first-order chi connectivity index (χ1) is 17.1. The van der Waals surface area contributed by atoms with E-state index in [9.17, 15) is 4.79 Å². The summed E-state index contributed by atoms with van der Waals surface area (Å²) in [4.78, 5) is 27.1. The van der Waals surface area contributed by atoms with Crippen LogP contribution in [0.1, 0.15) is 42.4 Å². The number of nitrogens with zero attached hydrogens (tertiary/aromatic N) is 6. The summed E-state index contributed by atoms with van der Waals surface area (Å²) in [6, 6.07) is 17.4. The minimum Gasteiger partial charge on any atom is -0.497 e. The quantitative estimate of drug-likeness (QED) is 0.418. The highest BCUT2D eigenvalue weighted by atomic mass is 16.5. The molecule has 1 aliphatic rings. The van der Waals surface area contributed by atoms with Crippen LogP contribution in [-0.4, -0.2) is 63.8 Å². The maximum Gasteiger partial charge on any atom is 0.254 e. The van der Waals surface area contributed by atoms with E-state index in [-0.39, 0.29) is 11.8 Å². The Hall–Kier alpha value is -3.94. The first-order valence-electron chi connectivity index (χ1n) is 12.1. The second-order valence-electron chi connectivity index (χ2n) is 8.86. The summed E-state index contributed by atoms with van der Waals surface area (Å²) in [5.74, 6) is 2.65. The molecule has 4 aromatic rings. The number of carbonyl (C=O) groups excluding carboxylic acids is 1. The highest BCUT2D eigenvalue weighted by Crippen LogP contribution is 2.29. The van der Waals surface area contributed by atoms with Crippen molar-refractivity contribution >= 4 is 22.8 Å². The Kier molecular flexibility index (Phi) is 6.35. The lowest BCUT2D eigenvalue weighted by Crippen LogP contribution is -2.49. The van der Waals surface area contributed by atoms with E-state index in [0.717, 1.165) is 34.8 Å². The van der Waals surface area contributed by atoms with Gasteiger partial charge in [-0.25, -0.2) is 14.6 Å². The Morgan fingerprint density at radius 1 is 1.03 bits per heavy atom. The molecular weight excluding hydrogens is 440 g/mol. The molecule has 0 radical (unpaired) electrons. The van der Waals surface area contributed by atoms with Crippen LogP contribution in [0.3, 0.4) is 0 Å². The van der Waals surface area contributed by atoms with Crippen molar-refractivity contribution in [3.63, 3.8) is 0 Å². The molecule has 3 heterocycles. The largest absolute Gasteiger partial charge is 0.497 e. The normalized spacial score (nSPS) is 14.8. The first kappa shape index (κ1) is 22.8. The van der Waals surface area contributed by atoms with Crippen molar-refractivity contribution in [1.29, 1.82) is 0 Å². The molecule has 0 saturated carbocycles. The Labute approximate surface area is 205 Å². The van der Waals surface area contributed by atoms with Crippen molar-refractivity contribution in [1.82, 2.24) is 24.6 Å². The van der Waals surface area contributed by atoms with Crippen molar-refractivity contribution < 1.29 is 9.53 Å². The van der Waals surface area contributed by atoms with E-state index in [2.05, 4.69) is 23.8 Å². The van der Waals surface area contributed by atoms with E-state index in [0.29, 0.717) is 37.5 Å². The zero-order valence-electron chi connectivity index (χ0n) is 20.4. The van der Waals surface area contributed by atoms with E-state index < -0.39 is 0 Å². The molecule has 1 saturated heterocycles. The molecular formula is C27H30N6O2. The van der Waals surface area contributed by atoms with Crippen molar-refractivity contribution in [2.45, 2.75) is 26.2 Å². The van der Waals surface area contributed by atoms with Gasteiger partial charge in [0.15, 0.2) is 5.65 Å². The van der Waals surface area contributed by atoms with Crippen LogP contribution in [-0.2, 0) is 0 Å². The minimum atomic E-state index is 0.0218. The summed E-state index contributed by atoms with van der Waals surface area (Å²) >= 11 is 0. The number of para-hydroxylation sites is 1. The molecule has 5 rings (SSSR count). The van der Waals surface area contributed by atoms with Gasteiger partial charge in [0.25, 0.3) is 5.91 Å². The Morgan fingerprint density at radius 2 is 1.80 bits per heavy atom. The second-order valence-corrected chi connectivity index (χ2v) is 8.86. The fourth-order valence-corrected chi connectivity index (χ4v) is 4.37. The van der Waals surface area contributed by atoms with Crippen molar-refractivity contribution in [3.8, 4) is 11.4 Å². The van der Waals surface area contributed by atoms with Crippen LogP contribution >= 0.6 is 0 Å². The van der Waals surface area contributed by atoms with Gasteiger partial charge in [0.05, 0.1) is 24.4 Å². The molecule has 1 fully saturated rings. The number of carbonyl (C=O) groups is 1. The average Bonchev–Trinajstić information content (AvgIpc) is 3.36. The van der Waals surface area contributed by atoms with E-state index in [4.69, 9.17) is 14.7 Å². The van der Waals surface area contributed by atoms with E-state index in [1.54, 1.807) is 13.2 Å². The number of ether oxygens (including phenoxy) is 1. The lowest BCUT2D eigenvalue weighted by molar-refractivity contribution is 0.0746. The van der Waals surface area contributed by atoms with Gasteiger partial charge < -0.3 is 14.5 Å². The lowest BCUT2D eigenvalue weighted by atomic mass is 10.1. The molecule has 180 valence electrons. The van der Waals surface area contributed by atoms with Crippen LogP contribution in [0.15, 0.2) is 60.8 Å². The molecule has 0 aliphatic carbocycles. The Balaban J connectivity index is 1.44. The SMILES string of the molecule is CC[C@H](C)c1nc(N2CCN(C(=O)c3cccc(OC)c3)CC2)c2cnn(-c3ccccc3)c2n1. The number of rotatable bonds is 6.